The summed E-state index contributed by atoms with van der Waals surface area (Å²) in [6.45, 7) is 0.306. The first kappa shape index (κ1) is 14.2. The second kappa shape index (κ2) is 5.85. The highest BCUT2D eigenvalue weighted by atomic mass is 35.5. The lowest BCUT2D eigenvalue weighted by Crippen LogP contribution is -2.05. The maximum atomic E-state index is 5.61. The largest absolute Gasteiger partial charge is 0.497 e. The molecule has 3 rings (SSSR count). The van der Waals surface area contributed by atoms with Crippen LogP contribution in [0.25, 0.3) is 16.9 Å². The lowest BCUT2D eigenvalue weighted by molar-refractivity contribution is 0.415. The van der Waals surface area contributed by atoms with Crippen LogP contribution in [0.2, 0.25) is 0 Å². The fraction of sp³-hybridized carbons (Fsp3) is 0.154. The molecule has 0 aliphatic carbocycles. The van der Waals surface area contributed by atoms with E-state index in [1.165, 1.54) is 0 Å². The SMILES string of the molecule is COc1ccc(-c2ccc3nnc(CN)n3n2)cc1.Cl. The molecule has 2 heterocycles. The normalized spacial score (nSPS) is 10.3. The molecule has 6 nitrogen and oxygen atoms in total. The van der Waals surface area contributed by atoms with E-state index in [1.54, 1.807) is 11.6 Å². The van der Waals surface area contributed by atoms with E-state index < -0.39 is 0 Å². The molecule has 20 heavy (non-hydrogen) atoms. The molecule has 1 aromatic carbocycles. The average molecular weight is 292 g/mol. The monoisotopic (exact) mass is 291 g/mol. The van der Waals surface area contributed by atoms with Crippen LogP contribution in [0.5, 0.6) is 5.75 Å². The molecule has 0 saturated carbocycles. The molecule has 0 bridgehead atoms. The summed E-state index contributed by atoms with van der Waals surface area (Å²) in [5.41, 5.74) is 8.14. The summed E-state index contributed by atoms with van der Waals surface area (Å²) >= 11 is 0. The predicted octanol–water partition coefficient (Wildman–Crippen LogP) is 1.68. The minimum Gasteiger partial charge on any atom is -0.497 e. The third kappa shape index (κ3) is 2.43. The Morgan fingerprint density at radius 1 is 1.10 bits per heavy atom. The van der Waals surface area contributed by atoms with Crippen LogP contribution in [0.4, 0.5) is 0 Å². The Bertz CT molecular complexity index is 710. The zero-order chi connectivity index (χ0) is 13.2. The van der Waals surface area contributed by atoms with Gasteiger partial charge < -0.3 is 10.5 Å². The van der Waals surface area contributed by atoms with Crippen molar-refractivity contribution in [1.82, 2.24) is 19.8 Å². The topological polar surface area (TPSA) is 78.3 Å². The van der Waals surface area contributed by atoms with E-state index in [0.29, 0.717) is 18.0 Å². The van der Waals surface area contributed by atoms with Crippen molar-refractivity contribution in [3.05, 3.63) is 42.2 Å². The first-order valence-corrected chi connectivity index (χ1v) is 5.87. The van der Waals surface area contributed by atoms with Gasteiger partial charge in [0.2, 0.25) is 0 Å². The van der Waals surface area contributed by atoms with E-state index >= 15 is 0 Å². The third-order valence-electron chi connectivity index (χ3n) is 2.90. The summed E-state index contributed by atoms with van der Waals surface area (Å²) < 4.78 is 6.80. The predicted molar refractivity (Wildman–Crippen MR) is 77.9 cm³/mol. The molecule has 0 atom stereocenters. The first-order chi connectivity index (χ1) is 9.31. The van der Waals surface area contributed by atoms with Crippen LogP contribution in [0.3, 0.4) is 0 Å². The van der Waals surface area contributed by atoms with Gasteiger partial charge in [0.05, 0.1) is 19.3 Å². The van der Waals surface area contributed by atoms with Crippen molar-refractivity contribution in [1.29, 1.82) is 0 Å². The molecule has 7 heteroatoms. The molecule has 0 radical (unpaired) electrons. The van der Waals surface area contributed by atoms with Gasteiger partial charge in [-0.05, 0) is 36.4 Å². The van der Waals surface area contributed by atoms with E-state index in [1.807, 2.05) is 36.4 Å². The van der Waals surface area contributed by atoms with Gasteiger partial charge in [0.1, 0.15) is 5.75 Å². The highest BCUT2D eigenvalue weighted by Crippen LogP contribution is 2.20. The van der Waals surface area contributed by atoms with E-state index in [2.05, 4.69) is 15.3 Å². The van der Waals surface area contributed by atoms with Crippen molar-refractivity contribution in [2.45, 2.75) is 6.54 Å². The van der Waals surface area contributed by atoms with Gasteiger partial charge in [-0.3, -0.25) is 0 Å². The summed E-state index contributed by atoms with van der Waals surface area (Å²) in [5, 5.41) is 12.5. The number of hydrogen-bond donors (Lipinski definition) is 1. The Kier molecular flexibility index (Phi) is 4.16. The quantitative estimate of drug-likeness (QED) is 0.794. The standard InChI is InChI=1S/C13H13N5O.ClH/c1-19-10-4-2-9(3-5-10)11-6-7-12-15-16-13(8-14)18(12)17-11;/h2-7H,8,14H2,1H3;1H. The Morgan fingerprint density at radius 3 is 2.50 bits per heavy atom. The summed E-state index contributed by atoms with van der Waals surface area (Å²) in [5.74, 6) is 1.46. The average Bonchev–Trinajstić information content (AvgIpc) is 2.89. The van der Waals surface area contributed by atoms with Crippen LogP contribution < -0.4 is 10.5 Å². The smallest absolute Gasteiger partial charge is 0.177 e. The van der Waals surface area contributed by atoms with E-state index in [9.17, 15) is 0 Å². The Labute approximate surface area is 122 Å². The second-order valence-electron chi connectivity index (χ2n) is 4.04. The van der Waals surface area contributed by atoms with Crippen LogP contribution in [-0.4, -0.2) is 26.9 Å². The molecule has 104 valence electrons. The number of methoxy groups -OCH3 is 1. The van der Waals surface area contributed by atoms with Crippen molar-refractivity contribution < 1.29 is 4.74 Å². The summed E-state index contributed by atoms with van der Waals surface area (Å²) in [6.07, 6.45) is 0. The number of halogens is 1. The Morgan fingerprint density at radius 2 is 1.85 bits per heavy atom. The number of benzene rings is 1. The van der Waals surface area contributed by atoms with Crippen LogP contribution >= 0.6 is 12.4 Å². The number of aromatic nitrogens is 4. The Hall–Kier alpha value is -2.18. The molecule has 0 spiro atoms. The molecule has 0 saturated heterocycles. The summed E-state index contributed by atoms with van der Waals surface area (Å²) in [6, 6.07) is 11.5. The minimum absolute atomic E-state index is 0. The van der Waals surface area contributed by atoms with Crippen LogP contribution in [0, 0.1) is 0 Å². The maximum absolute atomic E-state index is 5.61. The lowest BCUT2D eigenvalue weighted by atomic mass is 10.1. The number of nitrogens with zero attached hydrogens (tertiary/aromatic N) is 4. The molecule has 3 aromatic rings. The van der Waals surface area contributed by atoms with Gasteiger partial charge >= 0.3 is 0 Å². The molecule has 0 fully saturated rings. The van der Waals surface area contributed by atoms with Crippen LogP contribution in [0.1, 0.15) is 5.82 Å². The van der Waals surface area contributed by atoms with Gasteiger partial charge in [0, 0.05) is 5.56 Å². The van der Waals surface area contributed by atoms with Gasteiger partial charge in [0.25, 0.3) is 0 Å². The van der Waals surface area contributed by atoms with Crippen molar-refractivity contribution in [2.75, 3.05) is 7.11 Å². The third-order valence-corrected chi connectivity index (χ3v) is 2.90. The summed E-state index contributed by atoms with van der Waals surface area (Å²) in [7, 11) is 1.64. The minimum atomic E-state index is 0. The highest BCUT2D eigenvalue weighted by Gasteiger charge is 2.07. The van der Waals surface area contributed by atoms with E-state index in [4.69, 9.17) is 10.5 Å². The van der Waals surface area contributed by atoms with Gasteiger partial charge in [-0.1, -0.05) is 0 Å². The molecule has 0 amide bonds. The van der Waals surface area contributed by atoms with Crippen molar-refractivity contribution in [2.24, 2.45) is 5.73 Å². The van der Waals surface area contributed by atoms with Crippen LogP contribution in [0.15, 0.2) is 36.4 Å². The molecule has 2 aromatic heterocycles. The number of ether oxygens (including phenoxy) is 1. The number of nitrogens with two attached hydrogens (primary N) is 1. The maximum Gasteiger partial charge on any atom is 0.177 e. The zero-order valence-corrected chi connectivity index (χ0v) is 11.7. The molecule has 0 unspecified atom stereocenters. The molecule has 0 aliphatic rings. The zero-order valence-electron chi connectivity index (χ0n) is 10.9. The fourth-order valence-corrected chi connectivity index (χ4v) is 1.88. The number of hydrogen-bond acceptors (Lipinski definition) is 5. The van der Waals surface area contributed by atoms with Crippen molar-refractivity contribution in [3.63, 3.8) is 0 Å². The fourth-order valence-electron chi connectivity index (χ4n) is 1.88. The van der Waals surface area contributed by atoms with Gasteiger partial charge in [-0.25, -0.2) is 0 Å². The number of fused-ring (bicyclic) bond motifs is 1. The van der Waals surface area contributed by atoms with Crippen LogP contribution in [-0.2, 0) is 6.54 Å². The molecular formula is C13H14ClN5O. The van der Waals surface area contributed by atoms with Gasteiger partial charge in [-0.2, -0.15) is 9.61 Å². The summed E-state index contributed by atoms with van der Waals surface area (Å²) in [4.78, 5) is 0. The Balaban J connectivity index is 0.00000147. The highest BCUT2D eigenvalue weighted by molar-refractivity contribution is 5.85. The van der Waals surface area contributed by atoms with Crippen molar-refractivity contribution >= 4 is 18.1 Å². The second-order valence-corrected chi connectivity index (χ2v) is 4.04. The van der Waals surface area contributed by atoms with E-state index in [-0.39, 0.29) is 12.4 Å². The van der Waals surface area contributed by atoms with Gasteiger partial charge in [0.15, 0.2) is 11.5 Å². The van der Waals surface area contributed by atoms with Crippen molar-refractivity contribution in [3.8, 4) is 17.0 Å². The lowest BCUT2D eigenvalue weighted by Gasteiger charge is -2.04. The van der Waals surface area contributed by atoms with E-state index in [0.717, 1.165) is 17.0 Å². The number of rotatable bonds is 3. The molecular weight excluding hydrogens is 278 g/mol. The molecule has 2 N–H and O–H groups in total. The first-order valence-electron chi connectivity index (χ1n) is 5.87. The van der Waals surface area contributed by atoms with Gasteiger partial charge in [-0.15, -0.1) is 22.6 Å². The molecule has 0 aliphatic heterocycles.